The van der Waals surface area contributed by atoms with Gasteiger partial charge in [-0.2, -0.15) is 5.10 Å². The molecule has 0 saturated carbocycles. The van der Waals surface area contributed by atoms with Crippen molar-refractivity contribution in [2.24, 2.45) is 0 Å². The number of allylic oxidation sites excluding steroid dienone is 1. The van der Waals surface area contributed by atoms with Crippen molar-refractivity contribution < 1.29 is 4.74 Å². The first-order valence-electron chi connectivity index (χ1n) is 5.23. The molecule has 0 aromatic carbocycles. The molecule has 0 aliphatic carbocycles. The van der Waals surface area contributed by atoms with Crippen molar-refractivity contribution in [3.05, 3.63) is 33.7 Å². The van der Waals surface area contributed by atoms with Crippen LogP contribution in [0.2, 0.25) is 0 Å². The second-order valence-electron chi connectivity index (χ2n) is 3.58. The van der Waals surface area contributed by atoms with E-state index in [-0.39, 0.29) is 11.7 Å². The van der Waals surface area contributed by atoms with Crippen LogP contribution in [0.4, 0.5) is 5.69 Å². The highest BCUT2D eigenvalue weighted by atomic mass is 79.9. The summed E-state index contributed by atoms with van der Waals surface area (Å²) in [5, 5.41) is 7.13. The zero-order valence-electron chi connectivity index (χ0n) is 9.94. The predicted molar refractivity (Wildman–Crippen MR) is 71.4 cm³/mol. The number of rotatable bonds is 6. The Morgan fingerprint density at radius 2 is 2.47 bits per heavy atom. The third kappa shape index (κ3) is 3.67. The quantitative estimate of drug-likeness (QED) is 0.812. The molecule has 0 spiro atoms. The highest BCUT2D eigenvalue weighted by molar-refractivity contribution is 9.10. The smallest absolute Gasteiger partial charge is 0.283 e. The molecule has 1 N–H and O–H groups in total. The van der Waals surface area contributed by atoms with Crippen LogP contribution in [0.3, 0.4) is 0 Å². The van der Waals surface area contributed by atoms with E-state index in [1.807, 2.05) is 6.92 Å². The maximum absolute atomic E-state index is 11.8. The van der Waals surface area contributed by atoms with Gasteiger partial charge in [0.2, 0.25) is 0 Å². The van der Waals surface area contributed by atoms with E-state index in [2.05, 4.69) is 32.9 Å². The summed E-state index contributed by atoms with van der Waals surface area (Å²) in [6.45, 7) is 6.52. The van der Waals surface area contributed by atoms with E-state index in [1.165, 1.54) is 4.68 Å². The van der Waals surface area contributed by atoms with E-state index in [4.69, 9.17) is 4.74 Å². The van der Waals surface area contributed by atoms with Crippen molar-refractivity contribution >= 4 is 21.6 Å². The van der Waals surface area contributed by atoms with Crippen LogP contribution in [0.1, 0.15) is 6.92 Å². The summed E-state index contributed by atoms with van der Waals surface area (Å²) in [4.78, 5) is 11.8. The number of nitrogens with one attached hydrogen (secondary N) is 1. The van der Waals surface area contributed by atoms with Crippen molar-refractivity contribution in [3.63, 3.8) is 0 Å². The molecule has 0 fully saturated rings. The Labute approximate surface area is 109 Å². The van der Waals surface area contributed by atoms with Crippen LogP contribution >= 0.6 is 15.9 Å². The van der Waals surface area contributed by atoms with E-state index >= 15 is 0 Å². The molecule has 0 saturated heterocycles. The Morgan fingerprint density at radius 1 is 1.76 bits per heavy atom. The van der Waals surface area contributed by atoms with Gasteiger partial charge >= 0.3 is 0 Å². The van der Waals surface area contributed by atoms with Crippen molar-refractivity contribution in [1.82, 2.24) is 9.78 Å². The number of halogens is 1. The van der Waals surface area contributed by atoms with Gasteiger partial charge in [-0.15, -0.1) is 6.58 Å². The molecule has 17 heavy (non-hydrogen) atoms. The zero-order chi connectivity index (χ0) is 12.8. The third-order valence-corrected chi connectivity index (χ3v) is 3.04. The number of nitrogens with zero attached hydrogens (tertiary/aromatic N) is 2. The van der Waals surface area contributed by atoms with E-state index in [0.717, 1.165) is 0 Å². The second-order valence-corrected chi connectivity index (χ2v) is 4.37. The highest BCUT2D eigenvalue weighted by Gasteiger charge is 2.08. The topological polar surface area (TPSA) is 56.1 Å². The van der Waals surface area contributed by atoms with E-state index in [9.17, 15) is 4.79 Å². The lowest BCUT2D eigenvalue weighted by molar-refractivity contribution is 0.129. The Hall–Kier alpha value is -1.14. The molecule has 0 amide bonds. The molecule has 1 aromatic rings. The molecule has 1 aromatic heterocycles. The fourth-order valence-corrected chi connectivity index (χ4v) is 1.62. The minimum Gasteiger partial charge on any atom is -0.380 e. The summed E-state index contributed by atoms with van der Waals surface area (Å²) in [6.07, 6.45) is 3.30. The van der Waals surface area contributed by atoms with Crippen molar-refractivity contribution in [3.8, 4) is 0 Å². The minimum atomic E-state index is -0.181. The number of hydrogen-bond acceptors (Lipinski definition) is 4. The van der Waals surface area contributed by atoms with Gasteiger partial charge in [-0.1, -0.05) is 6.08 Å². The monoisotopic (exact) mass is 301 g/mol. The molecule has 0 bridgehead atoms. The predicted octanol–water partition coefficient (Wildman–Crippen LogP) is 1.64. The van der Waals surface area contributed by atoms with Crippen molar-refractivity contribution in [1.29, 1.82) is 0 Å². The molecule has 94 valence electrons. The standard InChI is InChI=1S/C11H16BrN3O2/c1-4-5-15-11(16)10(12)9(7-14-15)13-6-8(2)17-3/h4,7-8,13H,1,5-6H2,2-3H3. The lowest BCUT2D eigenvalue weighted by atomic mass is 10.3. The fourth-order valence-electron chi connectivity index (χ4n) is 1.18. The first-order chi connectivity index (χ1) is 8.10. The number of ether oxygens (including phenoxy) is 1. The van der Waals surface area contributed by atoms with E-state index < -0.39 is 0 Å². The summed E-state index contributed by atoms with van der Waals surface area (Å²) in [7, 11) is 1.64. The molecule has 1 atom stereocenters. The Balaban J connectivity index is 2.85. The van der Waals surface area contributed by atoms with Gasteiger partial charge in [-0.05, 0) is 22.9 Å². The largest absolute Gasteiger partial charge is 0.380 e. The van der Waals surface area contributed by atoms with Gasteiger partial charge in [0.15, 0.2) is 0 Å². The summed E-state index contributed by atoms with van der Waals surface area (Å²) in [5.74, 6) is 0. The van der Waals surface area contributed by atoms with Gasteiger partial charge in [0.1, 0.15) is 4.47 Å². The van der Waals surface area contributed by atoms with Crippen LogP contribution in [-0.4, -0.2) is 29.5 Å². The molecule has 0 aliphatic rings. The maximum Gasteiger partial charge on any atom is 0.283 e. The van der Waals surface area contributed by atoms with Crippen molar-refractivity contribution in [2.45, 2.75) is 19.6 Å². The first kappa shape index (κ1) is 13.9. The zero-order valence-corrected chi connectivity index (χ0v) is 11.5. The molecule has 1 rings (SSSR count). The molecular formula is C11H16BrN3O2. The first-order valence-corrected chi connectivity index (χ1v) is 6.02. The van der Waals surface area contributed by atoms with Gasteiger partial charge in [0, 0.05) is 13.7 Å². The molecule has 5 nitrogen and oxygen atoms in total. The lowest BCUT2D eigenvalue weighted by Gasteiger charge is -2.13. The summed E-state index contributed by atoms with van der Waals surface area (Å²) >= 11 is 3.26. The van der Waals surface area contributed by atoms with Gasteiger partial charge in [0.25, 0.3) is 5.56 Å². The highest BCUT2D eigenvalue weighted by Crippen LogP contribution is 2.15. The number of anilines is 1. The second kappa shape index (κ2) is 6.56. The van der Waals surface area contributed by atoms with Crippen LogP contribution in [0, 0.1) is 0 Å². The molecule has 1 heterocycles. The third-order valence-electron chi connectivity index (χ3n) is 2.27. The van der Waals surface area contributed by atoms with Crippen LogP contribution in [0.25, 0.3) is 0 Å². The van der Waals surface area contributed by atoms with Gasteiger partial charge < -0.3 is 10.1 Å². The molecule has 1 unspecified atom stereocenters. The average Bonchev–Trinajstić information content (AvgIpc) is 2.34. The number of hydrogen-bond donors (Lipinski definition) is 1. The van der Waals surface area contributed by atoms with E-state index in [1.54, 1.807) is 19.4 Å². The van der Waals surface area contributed by atoms with Crippen LogP contribution in [0.15, 0.2) is 28.1 Å². The number of methoxy groups -OCH3 is 1. The fraction of sp³-hybridized carbons (Fsp3) is 0.455. The molecular weight excluding hydrogens is 286 g/mol. The van der Waals surface area contributed by atoms with Crippen LogP contribution in [0.5, 0.6) is 0 Å². The molecule has 6 heteroatoms. The van der Waals surface area contributed by atoms with Gasteiger partial charge in [-0.25, -0.2) is 4.68 Å². The lowest BCUT2D eigenvalue weighted by Crippen LogP contribution is -2.25. The Bertz CT molecular complexity index is 445. The Morgan fingerprint density at radius 3 is 3.06 bits per heavy atom. The van der Waals surface area contributed by atoms with Crippen LogP contribution < -0.4 is 10.9 Å². The summed E-state index contributed by atoms with van der Waals surface area (Å²) in [6, 6.07) is 0. The average molecular weight is 302 g/mol. The summed E-state index contributed by atoms with van der Waals surface area (Å²) in [5.41, 5.74) is 0.485. The normalized spacial score (nSPS) is 12.2. The van der Waals surface area contributed by atoms with E-state index in [0.29, 0.717) is 23.2 Å². The van der Waals surface area contributed by atoms with Crippen LogP contribution in [-0.2, 0) is 11.3 Å². The van der Waals surface area contributed by atoms with Gasteiger partial charge in [0.05, 0.1) is 24.5 Å². The Kier molecular flexibility index (Phi) is 5.37. The maximum atomic E-state index is 11.8. The molecule has 0 radical (unpaired) electrons. The van der Waals surface area contributed by atoms with Crippen molar-refractivity contribution in [2.75, 3.05) is 19.0 Å². The van der Waals surface area contributed by atoms with Gasteiger partial charge in [-0.3, -0.25) is 4.79 Å². The summed E-state index contributed by atoms with van der Waals surface area (Å²) < 4.78 is 6.91. The SMILES string of the molecule is C=CCn1ncc(NCC(C)OC)c(Br)c1=O. The minimum absolute atomic E-state index is 0.0671. The molecule has 0 aliphatic heterocycles. The number of aromatic nitrogens is 2.